The van der Waals surface area contributed by atoms with Crippen molar-refractivity contribution in [1.82, 2.24) is 15.1 Å². The average Bonchev–Trinajstić information content (AvgIpc) is 3.09. The van der Waals surface area contributed by atoms with Crippen molar-refractivity contribution < 1.29 is 9.21 Å². The Bertz CT molecular complexity index is 729. The lowest BCUT2D eigenvalue weighted by atomic mass is 9.63. The summed E-state index contributed by atoms with van der Waals surface area (Å²) < 4.78 is 5.63. The lowest BCUT2D eigenvalue weighted by Crippen LogP contribution is -2.49. The summed E-state index contributed by atoms with van der Waals surface area (Å²) in [6.45, 7) is 3.58. The van der Waals surface area contributed by atoms with Gasteiger partial charge in [0.2, 0.25) is 11.8 Å². The highest BCUT2D eigenvalue weighted by atomic mass is 16.4. The van der Waals surface area contributed by atoms with Gasteiger partial charge in [0.05, 0.1) is 0 Å². The predicted octanol–water partition coefficient (Wildman–Crippen LogP) is 3.33. The molecule has 1 aromatic carbocycles. The second-order valence-corrected chi connectivity index (χ2v) is 7.32. The second-order valence-electron chi connectivity index (χ2n) is 7.32. The first kappa shape index (κ1) is 16.1. The van der Waals surface area contributed by atoms with Crippen LogP contribution in [0.5, 0.6) is 0 Å². The molecule has 25 heavy (non-hydrogen) atoms. The minimum absolute atomic E-state index is 0.105. The Balaban J connectivity index is 1.35. The molecule has 132 valence electrons. The van der Waals surface area contributed by atoms with E-state index in [0.29, 0.717) is 11.3 Å². The van der Waals surface area contributed by atoms with E-state index in [1.807, 2.05) is 42.2 Å². The van der Waals surface area contributed by atoms with Gasteiger partial charge < -0.3 is 14.6 Å². The van der Waals surface area contributed by atoms with Crippen molar-refractivity contribution in [3.8, 4) is 11.5 Å². The first-order valence-electron chi connectivity index (χ1n) is 9.10. The van der Waals surface area contributed by atoms with Crippen LogP contribution in [0.2, 0.25) is 0 Å². The molecular formula is C19H24N4O2. The van der Waals surface area contributed by atoms with Gasteiger partial charge in [0.15, 0.2) is 0 Å². The van der Waals surface area contributed by atoms with Crippen LogP contribution >= 0.6 is 0 Å². The van der Waals surface area contributed by atoms with Crippen molar-refractivity contribution in [3.63, 3.8) is 0 Å². The van der Waals surface area contributed by atoms with Crippen molar-refractivity contribution in [1.29, 1.82) is 0 Å². The van der Waals surface area contributed by atoms with Crippen LogP contribution in [0.4, 0.5) is 6.01 Å². The summed E-state index contributed by atoms with van der Waals surface area (Å²) >= 11 is 0. The number of hydrogen-bond donors (Lipinski definition) is 1. The van der Waals surface area contributed by atoms with Gasteiger partial charge in [-0.3, -0.25) is 4.79 Å². The standard InChI is InChI=1S/C19H24N4O2/c1-14(17(24)23-12-10-19(11-13-23)8-5-9-19)20-18-22-21-16(25-18)15-6-3-2-4-7-15/h2-4,6-7,14H,5,8-13H2,1H3,(H,20,22)/t14-/m0/s1. The number of amides is 1. The topological polar surface area (TPSA) is 71.3 Å². The molecule has 1 saturated carbocycles. The van der Waals surface area contributed by atoms with Gasteiger partial charge >= 0.3 is 6.01 Å². The second kappa shape index (κ2) is 6.50. The molecule has 4 rings (SSSR count). The van der Waals surface area contributed by atoms with Crippen molar-refractivity contribution in [2.45, 2.75) is 45.1 Å². The molecule has 1 N–H and O–H groups in total. The summed E-state index contributed by atoms with van der Waals surface area (Å²) in [4.78, 5) is 14.6. The summed E-state index contributed by atoms with van der Waals surface area (Å²) in [5.41, 5.74) is 1.41. The van der Waals surface area contributed by atoms with E-state index in [1.165, 1.54) is 19.3 Å². The zero-order valence-corrected chi connectivity index (χ0v) is 14.6. The van der Waals surface area contributed by atoms with Gasteiger partial charge in [-0.1, -0.05) is 29.7 Å². The molecule has 1 aromatic heterocycles. The number of hydrogen-bond acceptors (Lipinski definition) is 5. The fourth-order valence-electron chi connectivity index (χ4n) is 3.88. The lowest BCUT2D eigenvalue weighted by molar-refractivity contribution is -0.135. The van der Waals surface area contributed by atoms with Crippen LogP contribution in [0.25, 0.3) is 11.5 Å². The summed E-state index contributed by atoms with van der Waals surface area (Å²) in [7, 11) is 0. The lowest BCUT2D eigenvalue weighted by Gasteiger charge is -2.48. The first-order valence-corrected chi connectivity index (χ1v) is 9.10. The molecule has 1 aliphatic carbocycles. The fraction of sp³-hybridized carbons (Fsp3) is 0.526. The molecule has 1 atom stereocenters. The molecule has 1 spiro atoms. The van der Waals surface area contributed by atoms with Gasteiger partial charge in [0, 0.05) is 18.7 Å². The van der Waals surface area contributed by atoms with E-state index in [1.54, 1.807) is 0 Å². The van der Waals surface area contributed by atoms with E-state index in [4.69, 9.17) is 4.42 Å². The van der Waals surface area contributed by atoms with E-state index in [-0.39, 0.29) is 18.0 Å². The van der Waals surface area contributed by atoms with Crippen LogP contribution in [-0.2, 0) is 4.79 Å². The van der Waals surface area contributed by atoms with Crippen LogP contribution in [0.15, 0.2) is 34.7 Å². The minimum atomic E-state index is -0.375. The Morgan fingerprint density at radius 2 is 1.88 bits per heavy atom. The van der Waals surface area contributed by atoms with E-state index in [0.717, 1.165) is 31.5 Å². The molecule has 1 amide bonds. The monoisotopic (exact) mass is 340 g/mol. The Hall–Kier alpha value is -2.37. The van der Waals surface area contributed by atoms with Crippen LogP contribution in [-0.4, -0.2) is 40.1 Å². The van der Waals surface area contributed by atoms with E-state index in [9.17, 15) is 4.79 Å². The number of rotatable bonds is 4. The smallest absolute Gasteiger partial charge is 0.316 e. The van der Waals surface area contributed by atoms with Gasteiger partial charge in [0.1, 0.15) is 6.04 Å². The van der Waals surface area contributed by atoms with E-state index in [2.05, 4.69) is 15.5 Å². The van der Waals surface area contributed by atoms with Gasteiger partial charge in [-0.2, -0.15) is 0 Å². The highest BCUT2D eigenvalue weighted by molar-refractivity contribution is 5.83. The number of carbonyl (C=O) groups excluding carboxylic acids is 1. The fourth-order valence-corrected chi connectivity index (χ4v) is 3.88. The van der Waals surface area contributed by atoms with Crippen molar-refractivity contribution in [2.24, 2.45) is 5.41 Å². The van der Waals surface area contributed by atoms with Crippen LogP contribution in [0.1, 0.15) is 39.0 Å². The van der Waals surface area contributed by atoms with Gasteiger partial charge in [-0.05, 0) is 50.2 Å². The van der Waals surface area contributed by atoms with Gasteiger partial charge in [-0.25, -0.2) is 0 Å². The molecule has 1 saturated heterocycles. The molecular weight excluding hydrogens is 316 g/mol. The highest BCUT2D eigenvalue weighted by Crippen LogP contribution is 2.48. The molecule has 2 heterocycles. The van der Waals surface area contributed by atoms with Crippen molar-refractivity contribution in [3.05, 3.63) is 30.3 Å². The number of benzene rings is 1. The Labute approximate surface area is 147 Å². The number of piperidine rings is 1. The maximum Gasteiger partial charge on any atom is 0.316 e. The molecule has 6 nitrogen and oxygen atoms in total. The van der Waals surface area contributed by atoms with Crippen LogP contribution in [0.3, 0.4) is 0 Å². The van der Waals surface area contributed by atoms with Crippen molar-refractivity contribution >= 4 is 11.9 Å². The maximum absolute atomic E-state index is 12.7. The van der Waals surface area contributed by atoms with Crippen molar-refractivity contribution in [2.75, 3.05) is 18.4 Å². The first-order chi connectivity index (χ1) is 12.2. The minimum Gasteiger partial charge on any atom is -0.403 e. The predicted molar refractivity (Wildman–Crippen MR) is 94.9 cm³/mol. The summed E-state index contributed by atoms with van der Waals surface area (Å²) in [6.07, 6.45) is 6.32. The third-order valence-electron chi connectivity index (χ3n) is 5.71. The third kappa shape index (κ3) is 3.25. The molecule has 0 bridgehead atoms. The van der Waals surface area contributed by atoms with E-state index < -0.39 is 0 Å². The summed E-state index contributed by atoms with van der Waals surface area (Å²) in [6, 6.07) is 9.51. The zero-order valence-electron chi connectivity index (χ0n) is 14.6. The number of anilines is 1. The average molecular weight is 340 g/mol. The number of likely N-dealkylation sites (tertiary alicyclic amines) is 1. The molecule has 0 radical (unpaired) electrons. The summed E-state index contributed by atoms with van der Waals surface area (Å²) in [5.74, 6) is 0.557. The van der Waals surface area contributed by atoms with Crippen LogP contribution < -0.4 is 5.32 Å². The van der Waals surface area contributed by atoms with Gasteiger partial charge in [0.25, 0.3) is 0 Å². The number of nitrogens with zero attached hydrogens (tertiary/aromatic N) is 3. The largest absolute Gasteiger partial charge is 0.403 e. The van der Waals surface area contributed by atoms with Crippen LogP contribution in [0, 0.1) is 5.41 Å². The molecule has 2 aromatic rings. The quantitative estimate of drug-likeness (QED) is 0.924. The number of aromatic nitrogens is 2. The SMILES string of the molecule is C[C@H](Nc1nnc(-c2ccccc2)o1)C(=O)N1CCC2(CCC2)CC1. The Morgan fingerprint density at radius 3 is 2.52 bits per heavy atom. The molecule has 1 aliphatic heterocycles. The normalized spacial score (nSPS) is 20.1. The Morgan fingerprint density at radius 1 is 1.16 bits per heavy atom. The zero-order chi connectivity index (χ0) is 17.3. The number of carbonyl (C=O) groups is 1. The van der Waals surface area contributed by atoms with Gasteiger partial charge in [-0.15, -0.1) is 5.10 Å². The maximum atomic E-state index is 12.7. The molecule has 0 unspecified atom stereocenters. The Kier molecular flexibility index (Phi) is 4.19. The molecule has 2 aliphatic rings. The van der Waals surface area contributed by atoms with E-state index >= 15 is 0 Å². The highest BCUT2D eigenvalue weighted by Gasteiger charge is 2.40. The molecule has 6 heteroatoms. The summed E-state index contributed by atoms with van der Waals surface area (Å²) in [5, 5.41) is 11.1. The molecule has 2 fully saturated rings. The third-order valence-corrected chi connectivity index (χ3v) is 5.71. The number of nitrogens with one attached hydrogen (secondary N) is 1.